The van der Waals surface area contributed by atoms with Crippen LogP contribution in [0, 0.1) is 11.2 Å². The molecule has 2 fully saturated rings. The molecule has 0 radical (unpaired) electrons. The van der Waals surface area contributed by atoms with Crippen LogP contribution in [0.1, 0.15) is 24.8 Å². The number of aliphatic imine (C=N–C) groups is 1. The van der Waals surface area contributed by atoms with Crippen LogP contribution in [0.5, 0.6) is 0 Å². The average Bonchev–Trinajstić information content (AvgIpc) is 3.01. The van der Waals surface area contributed by atoms with Gasteiger partial charge in [-0.2, -0.15) is 0 Å². The van der Waals surface area contributed by atoms with E-state index in [1.165, 1.54) is 12.1 Å². The van der Waals surface area contributed by atoms with Crippen LogP contribution in [-0.4, -0.2) is 62.4 Å². The molecule has 0 bridgehead atoms. The van der Waals surface area contributed by atoms with Crippen molar-refractivity contribution in [3.63, 3.8) is 0 Å². The molecule has 0 aliphatic carbocycles. The van der Waals surface area contributed by atoms with E-state index < -0.39 is 0 Å². The van der Waals surface area contributed by atoms with E-state index in [-0.39, 0.29) is 29.5 Å². The van der Waals surface area contributed by atoms with E-state index in [4.69, 9.17) is 0 Å². The summed E-state index contributed by atoms with van der Waals surface area (Å²) in [5.74, 6) is 0.438. The lowest BCUT2D eigenvalue weighted by Gasteiger charge is -2.40. The van der Waals surface area contributed by atoms with Crippen LogP contribution in [0.15, 0.2) is 29.3 Å². The SMILES string of the molecule is CN=C(NCCNC(=O)Cc1cccc(F)c1)N1CCCC2(CNC(=O)C2)C1. The topological polar surface area (TPSA) is 85.8 Å². The Kier molecular flexibility index (Phi) is 6.49. The fourth-order valence-corrected chi connectivity index (χ4v) is 4.03. The first kappa shape index (κ1) is 20.1. The number of benzene rings is 1. The van der Waals surface area contributed by atoms with Crippen LogP contribution < -0.4 is 16.0 Å². The first-order valence-corrected chi connectivity index (χ1v) is 9.73. The van der Waals surface area contributed by atoms with Crippen molar-refractivity contribution in [3.8, 4) is 0 Å². The first-order chi connectivity index (χ1) is 13.5. The Labute approximate surface area is 164 Å². The van der Waals surface area contributed by atoms with E-state index >= 15 is 0 Å². The van der Waals surface area contributed by atoms with Gasteiger partial charge in [0, 0.05) is 51.6 Å². The Balaban J connectivity index is 1.42. The Hall–Kier alpha value is -2.64. The molecular weight excluding hydrogens is 361 g/mol. The number of nitrogens with one attached hydrogen (secondary N) is 3. The zero-order valence-electron chi connectivity index (χ0n) is 16.3. The number of carbonyl (C=O) groups is 2. The predicted molar refractivity (Wildman–Crippen MR) is 105 cm³/mol. The highest BCUT2D eigenvalue weighted by molar-refractivity contribution is 5.82. The maximum Gasteiger partial charge on any atom is 0.224 e. The molecule has 0 saturated carbocycles. The zero-order valence-corrected chi connectivity index (χ0v) is 16.3. The van der Waals surface area contributed by atoms with Crippen LogP contribution in [-0.2, 0) is 16.0 Å². The minimum Gasteiger partial charge on any atom is -0.355 e. The molecule has 3 rings (SSSR count). The molecule has 1 aromatic carbocycles. The van der Waals surface area contributed by atoms with Gasteiger partial charge < -0.3 is 20.9 Å². The lowest BCUT2D eigenvalue weighted by atomic mass is 9.79. The third kappa shape index (κ3) is 5.21. The number of piperidine rings is 1. The normalized spacial score (nSPS) is 22.3. The van der Waals surface area contributed by atoms with Crippen molar-refractivity contribution in [2.24, 2.45) is 10.4 Å². The fourth-order valence-electron chi connectivity index (χ4n) is 4.03. The molecule has 0 aromatic heterocycles. The largest absolute Gasteiger partial charge is 0.355 e. The van der Waals surface area contributed by atoms with Gasteiger partial charge in [0.15, 0.2) is 5.96 Å². The molecule has 1 spiro atoms. The molecule has 2 heterocycles. The minimum absolute atomic E-state index is 0.00608. The van der Waals surface area contributed by atoms with E-state index in [1.54, 1.807) is 19.2 Å². The van der Waals surface area contributed by atoms with Gasteiger partial charge in [-0.25, -0.2) is 4.39 Å². The summed E-state index contributed by atoms with van der Waals surface area (Å²) < 4.78 is 13.2. The quantitative estimate of drug-likeness (QED) is 0.392. The number of nitrogens with zero attached hydrogens (tertiary/aromatic N) is 2. The molecule has 1 aromatic rings. The van der Waals surface area contributed by atoms with Gasteiger partial charge in [0.25, 0.3) is 0 Å². The molecule has 7 nitrogen and oxygen atoms in total. The van der Waals surface area contributed by atoms with Crippen LogP contribution in [0.2, 0.25) is 0 Å². The van der Waals surface area contributed by atoms with Crippen molar-refractivity contribution in [1.29, 1.82) is 0 Å². The van der Waals surface area contributed by atoms with E-state index in [9.17, 15) is 14.0 Å². The molecule has 152 valence electrons. The summed E-state index contributed by atoms with van der Waals surface area (Å²) in [4.78, 5) is 30.2. The molecule has 8 heteroatoms. The van der Waals surface area contributed by atoms with Crippen LogP contribution in [0.25, 0.3) is 0 Å². The molecule has 2 amide bonds. The second kappa shape index (κ2) is 9.03. The number of carbonyl (C=O) groups excluding carboxylic acids is 2. The molecule has 2 aliphatic rings. The van der Waals surface area contributed by atoms with Crippen molar-refractivity contribution in [2.75, 3.05) is 39.8 Å². The number of rotatable bonds is 5. The third-order valence-corrected chi connectivity index (χ3v) is 5.35. The smallest absolute Gasteiger partial charge is 0.224 e. The maximum absolute atomic E-state index is 13.2. The Morgan fingerprint density at radius 1 is 1.36 bits per heavy atom. The number of halogens is 1. The maximum atomic E-state index is 13.2. The Bertz CT molecular complexity index is 754. The molecule has 2 saturated heterocycles. The van der Waals surface area contributed by atoms with Crippen molar-refractivity contribution in [2.45, 2.75) is 25.7 Å². The number of guanidine groups is 1. The second-order valence-corrected chi connectivity index (χ2v) is 7.61. The van der Waals surface area contributed by atoms with Crippen LogP contribution in [0.3, 0.4) is 0 Å². The monoisotopic (exact) mass is 389 g/mol. The first-order valence-electron chi connectivity index (χ1n) is 9.73. The highest BCUT2D eigenvalue weighted by Crippen LogP contribution is 2.35. The van der Waals surface area contributed by atoms with E-state index in [0.717, 1.165) is 38.4 Å². The van der Waals surface area contributed by atoms with Gasteiger partial charge in [-0.3, -0.25) is 14.6 Å². The van der Waals surface area contributed by atoms with Crippen molar-refractivity contribution in [3.05, 3.63) is 35.6 Å². The van der Waals surface area contributed by atoms with Gasteiger partial charge >= 0.3 is 0 Å². The fraction of sp³-hybridized carbons (Fsp3) is 0.550. The predicted octanol–water partition coefficient (Wildman–Crippen LogP) is 0.662. The zero-order chi connectivity index (χ0) is 20.0. The average molecular weight is 389 g/mol. The highest BCUT2D eigenvalue weighted by atomic mass is 19.1. The second-order valence-electron chi connectivity index (χ2n) is 7.61. The summed E-state index contributed by atoms with van der Waals surface area (Å²) in [5.41, 5.74) is 0.658. The van der Waals surface area contributed by atoms with Crippen LogP contribution in [0.4, 0.5) is 4.39 Å². The molecule has 2 aliphatic heterocycles. The number of hydrogen-bond donors (Lipinski definition) is 3. The van der Waals surface area contributed by atoms with Gasteiger partial charge in [0.05, 0.1) is 6.42 Å². The summed E-state index contributed by atoms with van der Waals surface area (Å²) in [6.07, 6.45) is 2.81. The molecule has 1 atom stereocenters. The van der Waals surface area contributed by atoms with Gasteiger partial charge in [-0.1, -0.05) is 12.1 Å². The van der Waals surface area contributed by atoms with Crippen molar-refractivity contribution in [1.82, 2.24) is 20.9 Å². The van der Waals surface area contributed by atoms with Crippen molar-refractivity contribution < 1.29 is 14.0 Å². The number of hydrogen-bond acceptors (Lipinski definition) is 3. The summed E-state index contributed by atoms with van der Waals surface area (Å²) in [6, 6.07) is 6.06. The molecule has 28 heavy (non-hydrogen) atoms. The standard InChI is InChI=1S/C20H28FN5O2/c1-22-19(26-9-3-6-20(14-26)12-18(28)25-13-20)24-8-7-23-17(27)11-15-4-2-5-16(21)10-15/h2,4-5,10H,3,6-9,11-14H2,1H3,(H,22,24)(H,23,27)(H,25,28). The Morgan fingerprint density at radius 2 is 2.18 bits per heavy atom. The molecule has 1 unspecified atom stereocenters. The van der Waals surface area contributed by atoms with Gasteiger partial charge in [0.2, 0.25) is 11.8 Å². The van der Waals surface area contributed by atoms with Crippen molar-refractivity contribution >= 4 is 17.8 Å². The molecule has 3 N–H and O–H groups in total. The lowest BCUT2D eigenvalue weighted by Crippen LogP contribution is -2.52. The van der Waals surface area contributed by atoms with Gasteiger partial charge in [0.1, 0.15) is 5.82 Å². The third-order valence-electron chi connectivity index (χ3n) is 5.35. The van der Waals surface area contributed by atoms with E-state index in [1.807, 2.05) is 0 Å². The minimum atomic E-state index is -0.339. The lowest BCUT2D eigenvalue weighted by molar-refractivity contribution is -0.121. The Morgan fingerprint density at radius 3 is 2.89 bits per heavy atom. The number of amides is 2. The summed E-state index contributed by atoms with van der Waals surface area (Å²) >= 11 is 0. The van der Waals surface area contributed by atoms with Crippen LogP contribution >= 0.6 is 0 Å². The summed E-state index contributed by atoms with van der Waals surface area (Å²) in [7, 11) is 1.74. The highest BCUT2D eigenvalue weighted by Gasteiger charge is 2.42. The van der Waals surface area contributed by atoms with E-state index in [0.29, 0.717) is 25.1 Å². The van der Waals surface area contributed by atoms with Gasteiger partial charge in [-0.05, 0) is 30.5 Å². The molecular formula is C20H28FN5O2. The van der Waals surface area contributed by atoms with E-state index in [2.05, 4.69) is 25.8 Å². The number of likely N-dealkylation sites (tertiary alicyclic amines) is 1. The summed E-state index contributed by atoms with van der Waals surface area (Å²) in [6.45, 7) is 3.43. The van der Waals surface area contributed by atoms with Gasteiger partial charge in [-0.15, -0.1) is 0 Å². The summed E-state index contributed by atoms with van der Waals surface area (Å²) in [5, 5.41) is 9.07.